The fourth-order valence-corrected chi connectivity index (χ4v) is 3.41. The average Bonchev–Trinajstić information content (AvgIpc) is 3.19. The second-order valence-corrected chi connectivity index (χ2v) is 6.99. The second-order valence-electron chi connectivity index (χ2n) is 5.22. The first-order chi connectivity index (χ1) is 10.6. The van der Waals surface area contributed by atoms with Crippen LogP contribution in [-0.4, -0.2) is 24.8 Å². The van der Waals surface area contributed by atoms with Crippen molar-refractivity contribution in [3.63, 3.8) is 0 Å². The average molecular weight is 323 g/mol. The Morgan fingerprint density at radius 1 is 1.23 bits per heavy atom. The first-order valence-corrected chi connectivity index (χ1v) is 8.65. The summed E-state index contributed by atoms with van der Waals surface area (Å²) in [7, 11) is -3.60. The van der Waals surface area contributed by atoms with Crippen molar-refractivity contribution in [1.82, 2.24) is 15.0 Å². The molecule has 2 aromatic rings. The van der Waals surface area contributed by atoms with E-state index in [-0.39, 0.29) is 17.5 Å². The van der Waals surface area contributed by atoms with Crippen molar-refractivity contribution in [3.05, 3.63) is 36.2 Å². The molecule has 118 valence electrons. The lowest BCUT2D eigenvalue weighted by atomic mass is 10.3. The Kier molecular flexibility index (Phi) is 4.39. The van der Waals surface area contributed by atoms with Crippen molar-refractivity contribution in [2.75, 3.05) is 0 Å². The fraction of sp³-hybridized carbons (Fsp3) is 0.429. The van der Waals surface area contributed by atoms with Gasteiger partial charge >= 0.3 is 0 Å². The fourth-order valence-electron chi connectivity index (χ4n) is 2.41. The molecule has 1 saturated carbocycles. The Labute approximate surface area is 128 Å². The first kappa shape index (κ1) is 15.0. The van der Waals surface area contributed by atoms with E-state index < -0.39 is 10.0 Å². The van der Waals surface area contributed by atoms with Crippen molar-refractivity contribution in [2.45, 2.75) is 43.2 Å². The van der Waals surface area contributed by atoms with Crippen LogP contribution in [-0.2, 0) is 16.6 Å². The summed E-state index contributed by atoms with van der Waals surface area (Å²) < 4.78 is 37.0. The summed E-state index contributed by atoms with van der Waals surface area (Å²) in [5, 5.41) is 6.97. The maximum Gasteiger partial charge on any atom is 0.240 e. The van der Waals surface area contributed by atoms with Crippen LogP contribution in [0.1, 0.15) is 31.4 Å². The summed E-state index contributed by atoms with van der Waals surface area (Å²) in [5.41, 5.74) is 0.421. The molecule has 0 bridgehead atoms. The van der Waals surface area contributed by atoms with Crippen molar-refractivity contribution in [2.24, 2.45) is 0 Å². The molecule has 7 nitrogen and oxygen atoms in total. The third-order valence-corrected chi connectivity index (χ3v) is 5.01. The van der Waals surface area contributed by atoms with E-state index in [2.05, 4.69) is 19.7 Å². The Morgan fingerprint density at radius 3 is 2.59 bits per heavy atom. The molecule has 3 rings (SSSR count). The van der Waals surface area contributed by atoms with Gasteiger partial charge in [0.2, 0.25) is 10.0 Å². The van der Waals surface area contributed by atoms with Crippen molar-refractivity contribution in [1.29, 1.82) is 0 Å². The van der Waals surface area contributed by atoms with E-state index in [1.807, 2.05) is 0 Å². The lowest BCUT2D eigenvalue weighted by Crippen LogP contribution is -2.23. The molecule has 0 unspecified atom stereocenters. The van der Waals surface area contributed by atoms with Gasteiger partial charge in [-0.25, -0.2) is 17.8 Å². The van der Waals surface area contributed by atoms with Crippen LogP contribution in [0.25, 0.3) is 0 Å². The van der Waals surface area contributed by atoms with Crippen LogP contribution in [0.4, 0.5) is 0 Å². The Hall–Kier alpha value is -1.93. The molecule has 0 saturated heterocycles. The number of nitrogens with one attached hydrogen (secondary N) is 1. The molecule has 1 N–H and O–H groups in total. The van der Waals surface area contributed by atoms with Crippen molar-refractivity contribution < 1.29 is 17.8 Å². The molecule has 1 aromatic carbocycles. The summed E-state index contributed by atoms with van der Waals surface area (Å²) in [6, 6.07) is 6.44. The topological polar surface area (TPSA) is 94.3 Å². The van der Waals surface area contributed by atoms with Gasteiger partial charge in [0.25, 0.3) is 0 Å². The monoisotopic (exact) mass is 323 g/mol. The van der Waals surface area contributed by atoms with Gasteiger partial charge in [0.1, 0.15) is 11.4 Å². The van der Waals surface area contributed by atoms with E-state index in [9.17, 15) is 8.42 Å². The normalized spacial score (nSPS) is 16.0. The Bertz CT molecular complexity index is 692. The number of sulfonamides is 1. The van der Waals surface area contributed by atoms with Gasteiger partial charge < -0.3 is 4.74 Å². The van der Waals surface area contributed by atoms with Crippen LogP contribution in [0.15, 0.2) is 40.0 Å². The number of hydrogen-bond donors (Lipinski definition) is 1. The van der Waals surface area contributed by atoms with Crippen LogP contribution < -0.4 is 9.46 Å². The van der Waals surface area contributed by atoms with Gasteiger partial charge in [-0.15, -0.1) is 0 Å². The van der Waals surface area contributed by atoms with Crippen LogP contribution in [0.5, 0.6) is 5.75 Å². The molecule has 0 atom stereocenters. The predicted molar refractivity (Wildman–Crippen MR) is 77.6 cm³/mol. The van der Waals surface area contributed by atoms with Gasteiger partial charge in [-0.1, -0.05) is 10.3 Å². The molecule has 1 fully saturated rings. The number of ether oxygens (including phenoxy) is 1. The van der Waals surface area contributed by atoms with Crippen LogP contribution in [0.3, 0.4) is 0 Å². The molecule has 8 heteroatoms. The summed E-state index contributed by atoms with van der Waals surface area (Å²) in [4.78, 5) is 0.183. The van der Waals surface area contributed by atoms with Crippen molar-refractivity contribution in [3.8, 4) is 5.75 Å². The molecule has 22 heavy (non-hydrogen) atoms. The Balaban J connectivity index is 1.63. The number of aromatic nitrogens is 2. The standard InChI is InChI=1S/C14H17N3O4S/c18-22(19,16-10-11-9-15-21-17-11)14-7-5-13(6-8-14)20-12-3-1-2-4-12/h5-9,12,16H,1-4,10H2. The van der Waals surface area contributed by atoms with Crippen LogP contribution in [0, 0.1) is 0 Å². The second kappa shape index (κ2) is 6.45. The van der Waals surface area contributed by atoms with Gasteiger partial charge in [0.05, 0.1) is 23.7 Å². The molecule has 0 aliphatic heterocycles. The molecular weight excluding hydrogens is 306 g/mol. The third-order valence-electron chi connectivity index (χ3n) is 3.59. The highest BCUT2D eigenvalue weighted by Crippen LogP contribution is 2.24. The highest BCUT2D eigenvalue weighted by molar-refractivity contribution is 7.89. The van der Waals surface area contributed by atoms with E-state index in [1.54, 1.807) is 12.1 Å². The zero-order valence-corrected chi connectivity index (χ0v) is 12.8. The SMILES string of the molecule is O=S(=O)(NCc1cnon1)c1ccc(OC2CCCC2)cc1. The zero-order chi connectivity index (χ0) is 15.4. The van der Waals surface area contributed by atoms with Crippen LogP contribution >= 0.6 is 0 Å². The largest absolute Gasteiger partial charge is 0.490 e. The maximum absolute atomic E-state index is 12.2. The first-order valence-electron chi connectivity index (χ1n) is 7.16. The van der Waals surface area contributed by atoms with E-state index in [4.69, 9.17) is 4.74 Å². The highest BCUT2D eigenvalue weighted by Gasteiger charge is 2.18. The van der Waals surface area contributed by atoms with Crippen LogP contribution in [0.2, 0.25) is 0 Å². The number of benzene rings is 1. The quantitative estimate of drug-likeness (QED) is 0.872. The summed E-state index contributed by atoms with van der Waals surface area (Å²) >= 11 is 0. The molecule has 1 aliphatic carbocycles. The lowest BCUT2D eigenvalue weighted by Gasteiger charge is -2.13. The van der Waals surface area contributed by atoms with Gasteiger partial charge in [0.15, 0.2) is 0 Å². The third kappa shape index (κ3) is 3.63. The zero-order valence-electron chi connectivity index (χ0n) is 11.9. The molecule has 1 aromatic heterocycles. The summed E-state index contributed by atoms with van der Waals surface area (Å²) in [6.07, 6.45) is 6.12. The molecule has 1 heterocycles. The van der Waals surface area contributed by atoms with E-state index >= 15 is 0 Å². The molecule has 0 amide bonds. The summed E-state index contributed by atoms with van der Waals surface area (Å²) in [5.74, 6) is 0.701. The van der Waals surface area contributed by atoms with E-state index in [1.165, 1.54) is 31.2 Å². The van der Waals surface area contributed by atoms with Gasteiger partial charge in [-0.05, 0) is 49.9 Å². The minimum absolute atomic E-state index is 0.0339. The molecular formula is C14H17N3O4S. The summed E-state index contributed by atoms with van der Waals surface area (Å²) in [6.45, 7) is 0.0339. The predicted octanol–water partition coefficient (Wildman–Crippen LogP) is 1.87. The van der Waals surface area contributed by atoms with Gasteiger partial charge in [-0.3, -0.25) is 0 Å². The molecule has 0 radical (unpaired) electrons. The minimum atomic E-state index is -3.60. The number of hydrogen-bond acceptors (Lipinski definition) is 6. The number of rotatable bonds is 6. The van der Waals surface area contributed by atoms with E-state index in [0.29, 0.717) is 11.4 Å². The van der Waals surface area contributed by atoms with E-state index in [0.717, 1.165) is 12.8 Å². The lowest BCUT2D eigenvalue weighted by molar-refractivity contribution is 0.210. The smallest absolute Gasteiger partial charge is 0.240 e. The minimum Gasteiger partial charge on any atom is -0.490 e. The number of nitrogens with zero attached hydrogens (tertiary/aromatic N) is 2. The highest BCUT2D eigenvalue weighted by atomic mass is 32.2. The maximum atomic E-state index is 12.2. The molecule has 0 spiro atoms. The Morgan fingerprint density at radius 2 is 1.95 bits per heavy atom. The van der Waals surface area contributed by atoms with Gasteiger partial charge in [0, 0.05) is 0 Å². The van der Waals surface area contributed by atoms with Gasteiger partial charge in [-0.2, -0.15) is 0 Å². The van der Waals surface area contributed by atoms with Crippen molar-refractivity contribution >= 4 is 10.0 Å². The molecule has 1 aliphatic rings.